The van der Waals surface area contributed by atoms with Crippen molar-refractivity contribution in [1.29, 1.82) is 0 Å². The molecule has 0 saturated carbocycles. The van der Waals surface area contributed by atoms with Gasteiger partial charge in [0.2, 0.25) is 0 Å². The molecule has 1 unspecified atom stereocenters. The molecule has 8 nitrogen and oxygen atoms in total. The Morgan fingerprint density at radius 1 is 1.09 bits per heavy atom. The van der Waals surface area contributed by atoms with E-state index in [4.69, 9.17) is 14.2 Å². The van der Waals surface area contributed by atoms with Crippen LogP contribution in [0.15, 0.2) is 76.4 Å². The third-order valence-corrected chi connectivity index (χ3v) is 5.33. The Kier molecular flexibility index (Phi) is 6.63. The predicted octanol–water partition coefficient (Wildman–Crippen LogP) is 2.57. The van der Waals surface area contributed by atoms with E-state index in [1.165, 1.54) is 10.8 Å². The van der Waals surface area contributed by atoms with Gasteiger partial charge in [0.15, 0.2) is 0 Å². The average Bonchev–Trinajstić information content (AvgIpc) is 3.22. The Bertz CT molecular complexity index is 1170. The lowest BCUT2D eigenvalue weighted by Gasteiger charge is -2.19. The van der Waals surface area contributed by atoms with Crippen molar-refractivity contribution in [3.63, 3.8) is 0 Å². The third-order valence-electron chi connectivity index (χ3n) is 5.33. The number of benzene rings is 2. The van der Waals surface area contributed by atoms with E-state index in [-0.39, 0.29) is 6.61 Å². The van der Waals surface area contributed by atoms with Crippen LogP contribution in [0.4, 0.5) is 0 Å². The van der Waals surface area contributed by atoms with Crippen LogP contribution in [-0.4, -0.2) is 34.3 Å². The zero-order valence-electron chi connectivity index (χ0n) is 17.6. The van der Waals surface area contributed by atoms with Crippen molar-refractivity contribution in [1.82, 2.24) is 9.55 Å². The number of hydrogen-bond acceptors (Lipinski definition) is 6. The van der Waals surface area contributed by atoms with E-state index in [1.807, 2.05) is 36.4 Å². The number of esters is 1. The average molecular weight is 436 g/mol. The summed E-state index contributed by atoms with van der Waals surface area (Å²) in [7, 11) is 0. The lowest BCUT2D eigenvalue weighted by Crippen LogP contribution is -2.33. The second-order valence-corrected chi connectivity index (χ2v) is 7.64. The second-order valence-electron chi connectivity index (χ2n) is 7.64. The van der Waals surface area contributed by atoms with Crippen LogP contribution in [0.5, 0.6) is 0 Å². The highest BCUT2D eigenvalue weighted by atomic mass is 16.6. The van der Waals surface area contributed by atoms with Crippen molar-refractivity contribution in [3.8, 4) is 0 Å². The quantitative estimate of drug-likeness (QED) is 0.572. The van der Waals surface area contributed by atoms with Crippen LogP contribution < -0.4 is 11.2 Å². The van der Waals surface area contributed by atoms with Gasteiger partial charge in [0.25, 0.3) is 5.56 Å². The molecule has 2 heterocycles. The highest BCUT2D eigenvalue weighted by molar-refractivity contribution is 5.89. The maximum Gasteiger partial charge on any atom is 0.338 e. The summed E-state index contributed by atoms with van der Waals surface area (Å²) in [6.45, 7) is 1.94. The third kappa shape index (κ3) is 5.04. The van der Waals surface area contributed by atoms with Gasteiger partial charge in [-0.3, -0.25) is 14.3 Å². The molecule has 1 fully saturated rings. The first-order valence-corrected chi connectivity index (χ1v) is 10.4. The molecule has 0 amide bonds. The minimum atomic E-state index is -0.653. The van der Waals surface area contributed by atoms with E-state index in [2.05, 4.69) is 4.98 Å². The molecule has 4 rings (SSSR count). The lowest BCUT2D eigenvalue weighted by atomic mass is 10.1. The zero-order chi connectivity index (χ0) is 22.5. The Balaban J connectivity index is 1.49. The summed E-state index contributed by atoms with van der Waals surface area (Å²) in [5, 5.41) is 0. The summed E-state index contributed by atoms with van der Waals surface area (Å²) in [6, 6.07) is 18.4. The molecule has 1 aliphatic rings. The van der Waals surface area contributed by atoms with Crippen LogP contribution in [0.1, 0.15) is 34.1 Å². The van der Waals surface area contributed by atoms with Gasteiger partial charge in [0.1, 0.15) is 18.9 Å². The van der Waals surface area contributed by atoms with Crippen molar-refractivity contribution < 1.29 is 19.0 Å². The number of aromatic nitrogens is 2. The monoisotopic (exact) mass is 436 g/mol. The predicted molar refractivity (Wildman–Crippen MR) is 116 cm³/mol. The molecule has 0 bridgehead atoms. The standard InChI is InChI=1S/C24H24N2O6/c1-16-13-26(24(29)25-22(16)27)21-12-19(30-14-17-8-4-2-5-9-17)20(32-21)15-31-23(28)18-10-6-3-7-11-18/h2-11,13,19-21H,12,14-15H2,1H3,(H,25,27,29)/t19-,20?,21+/m0/s1. The Morgan fingerprint density at radius 2 is 1.78 bits per heavy atom. The molecule has 2 aromatic carbocycles. The highest BCUT2D eigenvalue weighted by Crippen LogP contribution is 2.31. The summed E-state index contributed by atoms with van der Waals surface area (Å²) in [4.78, 5) is 38.7. The molecule has 1 aliphatic heterocycles. The summed E-state index contributed by atoms with van der Waals surface area (Å²) >= 11 is 0. The van der Waals surface area contributed by atoms with Crippen LogP contribution >= 0.6 is 0 Å². The van der Waals surface area contributed by atoms with Crippen LogP contribution in [0, 0.1) is 6.92 Å². The summed E-state index contributed by atoms with van der Waals surface area (Å²) < 4.78 is 18.9. The van der Waals surface area contributed by atoms with Gasteiger partial charge in [0, 0.05) is 18.2 Å². The molecule has 32 heavy (non-hydrogen) atoms. The highest BCUT2D eigenvalue weighted by Gasteiger charge is 2.38. The van der Waals surface area contributed by atoms with Gasteiger partial charge in [-0.15, -0.1) is 0 Å². The summed E-state index contributed by atoms with van der Waals surface area (Å²) in [6.07, 6.45) is 0.196. The number of rotatable bonds is 7. The maximum atomic E-state index is 12.4. The fourth-order valence-corrected chi connectivity index (χ4v) is 3.59. The molecule has 1 N–H and O–H groups in total. The Labute approximate surface area is 184 Å². The van der Waals surface area contributed by atoms with E-state index < -0.39 is 35.7 Å². The number of ether oxygens (including phenoxy) is 3. The van der Waals surface area contributed by atoms with Crippen molar-refractivity contribution in [2.45, 2.75) is 38.4 Å². The van der Waals surface area contributed by atoms with Crippen molar-refractivity contribution >= 4 is 5.97 Å². The van der Waals surface area contributed by atoms with E-state index in [9.17, 15) is 14.4 Å². The van der Waals surface area contributed by atoms with E-state index in [0.29, 0.717) is 24.2 Å². The molecule has 166 valence electrons. The molecule has 0 radical (unpaired) electrons. The number of aryl methyl sites for hydroxylation is 1. The first-order valence-electron chi connectivity index (χ1n) is 10.4. The molecule has 0 spiro atoms. The SMILES string of the molecule is Cc1cn([C@H]2C[C@H](OCc3ccccc3)C(COC(=O)c3ccccc3)O2)c(=O)[nH]c1=O. The Morgan fingerprint density at radius 3 is 2.50 bits per heavy atom. The molecule has 0 aliphatic carbocycles. The normalized spacial score (nSPS) is 20.2. The van der Waals surface area contributed by atoms with Gasteiger partial charge in [0.05, 0.1) is 18.3 Å². The second kappa shape index (κ2) is 9.76. The molecular weight excluding hydrogens is 412 g/mol. The van der Waals surface area contributed by atoms with Crippen LogP contribution in [0.3, 0.4) is 0 Å². The minimum Gasteiger partial charge on any atom is -0.459 e. The molecule has 8 heteroatoms. The maximum absolute atomic E-state index is 12.4. The summed E-state index contributed by atoms with van der Waals surface area (Å²) in [5.74, 6) is -0.462. The van der Waals surface area contributed by atoms with E-state index in [0.717, 1.165) is 5.56 Å². The van der Waals surface area contributed by atoms with Crippen molar-refractivity contribution in [3.05, 3.63) is 104 Å². The number of H-pyrrole nitrogens is 1. The van der Waals surface area contributed by atoms with Crippen LogP contribution in [0.25, 0.3) is 0 Å². The first kappa shape index (κ1) is 21.7. The Hall–Kier alpha value is -3.49. The lowest BCUT2D eigenvalue weighted by molar-refractivity contribution is -0.0708. The van der Waals surface area contributed by atoms with Crippen LogP contribution in [0.2, 0.25) is 0 Å². The zero-order valence-corrected chi connectivity index (χ0v) is 17.6. The van der Waals surface area contributed by atoms with Crippen molar-refractivity contribution in [2.75, 3.05) is 6.61 Å². The molecule has 3 aromatic rings. The molecule has 1 aromatic heterocycles. The molecule has 1 saturated heterocycles. The van der Waals surface area contributed by atoms with Gasteiger partial charge >= 0.3 is 11.7 Å². The van der Waals surface area contributed by atoms with Crippen LogP contribution in [-0.2, 0) is 20.8 Å². The number of carbonyl (C=O) groups is 1. The fraction of sp³-hybridized carbons (Fsp3) is 0.292. The number of carbonyl (C=O) groups excluding carboxylic acids is 1. The largest absolute Gasteiger partial charge is 0.459 e. The first-order chi connectivity index (χ1) is 15.5. The van der Waals surface area contributed by atoms with E-state index >= 15 is 0 Å². The molecular formula is C24H24N2O6. The summed E-state index contributed by atoms with van der Waals surface area (Å²) in [5.41, 5.74) is 0.835. The molecule has 3 atom stereocenters. The van der Waals surface area contributed by atoms with Gasteiger partial charge in [-0.2, -0.15) is 0 Å². The van der Waals surface area contributed by atoms with Gasteiger partial charge in [-0.1, -0.05) is 48.5 Å². The number of nitrogens with one attached hydrogen (secondary N) is 1. The van der Waals surface area contributed by atoms with E-state index in [1.54, 1.807) is 31.2 Å². The minimum absolute atomic E-state index is 0.0270. The van der Waals surface area contributed by atoms with Gasteiger partial charge in [-0.05, 0) is 24.6 Å². The van der Waals surface area contributed by atoms with Gasteiger partial charge < -0.3 is 14.2 Å². The number of nitrogens with zero attached hydrogens (tertiary/aromatic N) is 1. The smallest absolute Gasteiger partial charge is 0.338 e. The topological polar surface area (TPSA) is 99.6 Å². The number of aromatic amines is 1. The fourth-order valence-electron chi connectivity index (χ4n) is 3.59. The van der Waals surface area contributed by atoms with Crippen molar-refractivity contribution in [2.24, 2.45) is 0 Å². The number of hydrogen-bond donors (Lipinski definition) is 1. The van der Waals surface area contributed by atoms with Gasteiger partial charge in [-0.25, -0.2) is 9.59 Å².